The van der Waals surface area contributed by atoms with Crippen LogP contribution >= 0.6 is 12.2 Å². The Bertz CT molecular complexity index is 1310. The first-order chi connectivity index (χ1) is 13.5. The highest BCUT2D eigenvalue weighted by Crippen LogP contribution is 2.20. The Labute approximate surface area is 164 Å². The van der Waals surface area contributed by atoms with Gasteiger partial charge < -0.3 is 15.4 Å². The number of aromatic amines is 2. The highest BCUT2D eigenvalue weighted by molar-refractivity contribution is 7.71. The van der Waals surface area contributed by atoms with Crippen LogP contribution in [0.4, 0.5) is 0 Å². The number of benzene rings is 3. The first-order valence-corrected chi connectivity index (χ1v) is 9.13. The molecule has 0 bridgehead atoms. The molecule has 6 nitrogen and oxygen atoms in total. The monoisotopic (exact) mass is 391 g/mol. The van der Waals surface area contributed by atoms with Gasteiger partial charge in [-0.25, -0.2) is 0 Å². The molecule has 0 aliphatic rings. The van der Waals surface area contributed by atoms with Crippen LogP contribution in [0.15, 0.2) is 65.5 Å². The van der Waals surface area contributed by atoms with Crippen LogP contribution in [-0.4, -0.2) is 27.5 Å². The maximum absolute atomic E-state index is 12.5. The lowest BCUT2D eigenvalue weighted by Crippen LogP contribution is -2.28. The number of nitrogens with one attached hydrogen (secondary N) is 3. The molecule has 28 heavy (non-hydrogen) atoms. The van der Waals surface area contributed by atoms with Gasteiger partial charge in [0.1, 0.15) is 0 Å². The summed E-state index contributed by atoms with van der Waals surface area (Å²) in [5.41, 5.74) is 1.27. The average Bonchev–Trinajstić information content (AvgIpc) is 2.70. The zero-order chi connectivity index (χ0) is 19.7. The molecule has 1 amide bonds. The molecule has 4 rings (SSSR count). The lowest BCUT2D eigenvalue weighted by molar-refractivity contribution is 0.0916. The second-order valence-electron chi connectivity index (χ2n) is 6.50. The third-order valence-corrected chi connectivity index (χ3v) is 4.82. The Morgan fingerprint density at radius 1 is 1.04 bits per heavy atom. The zero-order valence-corrected chi connectivity index (χ0v) is 15.5. The van der Waals surface area contributed by atoms with Crippen molar-refractivity contribution in [1.82, 2.24) is 15.3 Å². The van der Waals surface area contributed by atoms with E-state index in [1.165, 1.54) is 0 Å². The number of amides is 1. The second kappa shape index (κ2) is 7.38. The number of aliphatic hydroxyl groups excluding tert-OH is 1. The Kier molecular flexibility index (Phi) is 4.77. The molecule has 0 saturated carbocycles. The van der Waals surface area contributed by atoms with Gasteiger partial charge in [0.25, 0.3) is 11.5 Å². The summed E-state index contributed by atoms with van der Waals surface area (Å²) in [7, 11) is 0. The third-order valence-electron chi connectivity index (χ3n) is 4.62. The molecule has 1 atom stereocenters. The van der Waals surface area contributed by atoms with Crippen LogP contribution in [0.2, 0.25) is 0 Å². The minimum atomic E-state index is -0.831. The molecular formula is C21H17N3O3S. The van der Waals surface area contributed by atoms with Gasteiger partial charge in [0.15, 0.2) is 4.77 Å². The molecule has 0 fully saturated rings. The van der Waals surface area contributed by atoms with Crippen molar-refractivity contribution in [3.05, 3.63) is 86.9 Å². The lowest BCUT2D eigenvalue weighted by atomic mass is 10.0. The topological polar surface area (TPSA) is 98.0 Å². The van der Waals surface area contributed by atoms with Crippen molar-refractivity contribution in [2.45, 2.75) is 6.10 Å². The van der Waals surface area contributed by atoms with E-state index >= 15 is 0 Å². The van der Waals surface area contributed by atoms with E-state index in [0.717, 1.165) is 16.3 Å². The number of fused-ring (bicyclic) bond motifs is 2. The number of carbonyl (C=O) groups is 1. The van der Waals surface area contributed by atoms with Crippen LogP contribution in [0.5, 0.6) is 0 Å². The van der Waals surface area contributed by atoms with Crippen molar-refractivity contribution < 1.29 is 9.90 Å². The van der Waals surface area contributed by atoms with Crippen LogP contribution in [0, 0.1) is 4.77 Å². The normalized spacial score (nSPS) is 12.2. The minimum Gasteiger partial charge on any atom is -0.387 e. The second-order valence-corrected chi connectivity index (χ2v) is 6.91. The van der Waals surface area contributed by atoms with Crippen molar-refractivity contribution in [1.29, 1.82) is 0 Å². The fourth-order valence-electron chi connectivity index (χ4n) is 3.14. The number of hydrogen-bond donors (Lipinski definition) is 4. The molecule has 1 aromatic heterocycles. The first kappa shape index (κ1) is 18.1. The van der Waals surface area contributed by atoms with Crippen molar-refractivity contribution in [3.63, 3.8) is 0 Å². The summed E-state index contributed by atoms with van der Waals surface area (Å²) in [6.07, 6.45) is -0.831. The van der Waals surface area contributed by atoms with Crippen LogP contribution < -0.4 is 10.9 Å². The molecule has 4 aromatic rings. The SMILES string of the molecule is O=C(NCC(O)c1ccc2ccccc2c1)c1ccc2c(=O)[nH]c(=S)[nH]c2c1. The van der Waals surface area contributed by atoms with Crippen LogP contribution in [0.25, 0.3) is 21.7 Å². The van der Waals surface area contributed by atoms with E-state index in [1.807, 2.05) is 42.5 Å². The molecule has 1 unspecified atom stereocenters. The van der Waals surface area contributed by atoms with Gasteiger partial charge >= 0.3 is 0 Å². The summed E-state index contributed by atoms with van der Waals surface area (Å²) in [4.78, 5) is 29.7. The van der Waals surface area contributed by atoms with E-state index in [0.29, 0.717) is 16.5 Å². The molecule has 7 heteroatoms. The highest BCUT2D eigenvalue weighted by atomic mass is 32.1. The summed E-state index contributed by atoms with van der Waals surface area (Å²) in [6.45, 7) is 0.0700. The molecule has 0 aliphatic carbocycles. The lowest BCUT2D eigenvalue weighted by Gasteiger charge is -2.13. The van der Waals surface area contributed by atoms with E-state index in [-0.39, 0.29) is 22.8 Å². The van der Waals surface area contributed by atoms with Crippen LogP contribution in [0.3, 0.4) is 0 Å². The molecule has 0 spiro atoms. The molecule has 3 aromatic carbocycles. The van der Waals surface area contributed by atoms with Gasteiger partial charge in [-0.1, -0.05) is 36.4 Å². The molecule has 0 radical (unpaired) electrons. The van der Waals surface area contributed by atoms with Crippen LogP contribution in [0.1, 0.15) is 22.0 Å². The molecule has 0 aliphatic heterocycles. The molecular weight excluding hydrogens is 374 g/mol. The van der Waals surface area contributed by atoms with Crippen molar-refractivity contribution in [2.24, 2.45) is 0 Å². The average molecular weight is 391 g/mol. The summed E-state index contributed by atoms with van der Waals surface area (Å²) in [6, 6.07) is 18.3. The summed E-state index contributed by atoms with van der Waals surface area (Å²) in [5.74, 6) is -0.346. The predicted molar refractivity (Wildman–Crippen MR) is 111 cm³/mol. The third kappa shape index (κ3) is 3.58. The maximum atomic E-state index is 12.5. The van der Waals surface area contributed by atoms with E-state index in [9.17, 15) is 14.7 Å². The maximum Gasteiger partial charge on any atom is 0.259 e. The predicted octanol–water partition coefficient (Wildman–Crippen LogP) is 3.20. The van der Waals surface area contributed by atoms with Crippen molar-refractivity contribution in [3.8, 4) is 0 Å². The number of hydrogen-bond acceptors (Lipinski definition) is 4. The van der Waals surface area contributed by atoms with Gasteiger partial charge in [-0.15, -0.1) is 0 Å². The summed E-state index contributed by atoms with van der Waals surface area (Å²) in [5, 5.41) is 15.7. The fourth-order valence-corrected chi connectivity index (χ4v) is 3.34. The van der Waals surface area contributed by atoms with E-state index in [4.69, 9.17) is 12.2 Å². The van der Waals surface area contributed by atoms with E-state index in [2.05, 4.69) is 15.3 Å². The number of aromatic nitrogens is 2. The van der Waals surface area contributed by atoms with Gasteiger partial charge in [0.05, 0.1) is 17.0 Å². The van der Waals surface area contributed by atoms with Crippen LogP contribution in [-0.2, 0) is 0 Å². The Hall–Kier alpha value is -3.29. The van der Waals surface area contributed by atoms with Gasteiger partial charge in [-0.3, -0.25) is 14.6 Å². The molecule has 140 valence electrons. The van der Waals surface area contributed by atoms with Crippen molar-refractivity contribution in [2.75, 3.05) is 6.54 Å². The zero-order valence-electron chi connectivity index (χ0n) is 14.7. The molecule has 0 saturated heterocycles. The smallest absolute Gasteiger partial charge is 0.259 e. The highest BCUT2D eigenvalue weighted by Gasteiger charge is 2.12. The summed E-state index contributed by atoms with van der Waals surface area (Å²) >= 11 is 4.96. The standard InChI is InChI=1S/C21H17N3O3S/c25-18(14-6-5-12-3-1-2-4-13(12)9-14)11-22-19(26)15-7-8-16-17(10-15)23-21(28)24-20(16)27/h1-10,18,25H,11H2,(H,22,26)(H2,23,24,27,28). The quantitative estimate of drug-likeness (QED) is 0.402. The number of H-pyrrole nitrogens is 2. The van der Waals surface area contributed by atoms with Crippen molar-refractivity contribution >= 4 is 39.8 Å². The summed E-state index contributed by atoms with van der Waals surface area (Å²) < 4.78 is 0.196. The Morgan fingerprint density at radius 2 is 1.82 bits per heavy atom. The molecule has 1 heterocycles. The minimum absolute atomic E-state index is 0.0700. The van der Waals surface area contributed by atoms with E-state index < -0.39 is 6.10 Å². The van der Waals surface area contributed by atoms with Gasteiger partial charge in [-0.05, 0) is 52.8 Å². The van der Waals surface area contributed by atoms with E-state index in [1.54, 1.807) is 18.2 Å². The molecule has 4 N–H and O–H groups in total. The van der Waals surface area contributed by atoms with Gasteiger partial charge in [0, 0.05) is 12.1 Å². The van der Waals surface area contributed by atoms with Gasteiger partial charge in [0.2, 0.25) is 0 Å². The number of rotatable bonds is 4. The largest absolute Gasteiger partial charge is 0.387 e. The fraction of sp³-hybridized carbons (Fsp3) is 0.0952. The Morgan fingerprint density at radius 3 is 2.64 bits per heavy atom. The first-order valence-electron chi connectivity index (χ1n) is 8.72. The Balaban J connectivity index is 1.50. The number of aliphatic hydroxyl groups is 1. The van der Waals surface area contributed by atoms with Gasteiger partial charge in [-0.2, -0.15) is 0 Å². The number of carbonyl (C=O) groups excluding carboxylic acids is 1.